The topological polar surface area (TPSA) is 169 Å². The molecule has 0 aromatic rings. The first-order chi connectivity index (χ1) is 31.7. The van der Waals surface area contributed by atoms with E-state index < -0.39 is 54.7 Å². The molecule has 0 aromatic carbocycles. The number of carbonyl (C=O) groups is 3. The maximum Gasteiger partial charge on any atom is 0.335 e. The molecule has 1 aliphatic heterocycles. The smallest absolute Gasteiger partial charge is 0.335 e. The molecule has 1 saturated heterocycles. The average molecular weight is 927 g/mol. The summed E-state index contributed by atoms with van der Waals surface area (Å²) in [6, 6.07) is 0. The Kier molecular flexibility index (Phi) is 42.1. The van der Waals surface area contributed by atoms with Crippen molar-refractivity contribution in [2.75, 3.05) is 13.2 Å². The highest BCUT2D eigenvalue weighted by molar-refractivity contribution is 5.73. The number of aliphatic hydroxyl groups is 3. The molecule has 0 bridgehead atoms. The normalized spacial score (nSPS) is 19.1. The minimum absolute atomic E-state index is 0.192. The van der Waals surface area contributed by atoms with Gasteiger partial charge in [-0.05, 0) is 12.8 Å². The van der Waals surface area contributed by atoms with E-state index in [1.165, 1.54) is 199 Å². The number of rotatable bonds is 48. The van der Waals surface area contributed by atoms with Crippen LogP contribution in [0, 0.1) is 0 Å². The zero-order valence-electron chi connectivity index (χ0n) is 42.0. The Labute approximate surface area is 397 Å². The van der Waals surface area contributed by atoms with Gasteiger partial charge in [-0.1, -0.05) is 251 Å². The van der Waals surface area contributed by atoms with E-state index in [9.17, 15) is 34.8 Å². The number of hydrogen-bond donors (Lipinski definition) is 4. The molecular formula is C54H102O11. The third-order valence-electron chi connectivity index (χ3n) is 13.2. The number of aliphatic hydroxyl groups excluding tert-OH is 3. The number of unbranched alkanes of at least 4 members (excludes halogenated alkanes) is 37. The van der Waals surface area contributed by atoms with Crippen molar-refractivity contribution in [3.8, 4) is 0 Å². The van der Waals surface area contributed by atoms with E-state index in [1.54, 1.807) is 0 Å². The number of carboxylic acid groups (broad SMARTS) is 1. The average Bonchev–Trinajstić information content (AvgIpc) is 3.29. The summed E-state index contributed by atoms with van der Waals surface area (Å²) in [5.74, 6) is -2.41. The molecule has 65 heavy (non-hydrogen) atoms. The lowest BCUT2D eigenvalue weighted by Gasteiger charge is -2.38. The number of carbonyl (C=O) groups excluding carboxylic acids is 2. The number of ether oxygens (including phenoxy) is 4. The largest absolute Gasteiger partial charge is 0.479 e. The Morgan fingerprint density at radius 1 is 0.415 bits per heavy atom. The van der Waals surface area contributed by atoms with E-state index in [2.05, 4.69) is 13.8 Å². The van der Waals surface area contributed by atoms with Crippen molar-refractivity contribution in [3.63, 3.8) is 0 Å². The summed E-state index contributed by atoms with van der Waals surface area (Å²) in [7, 11) is 0. The highest BCUT2D eigenvalue weighted by Gasteiger charge is 2.47. The molecule has 0 saturated carbocycles. The Hall–Kier alpha value is -1.79. The van der Waals surface area contributed by atoms with Gasteiger partial charge >= 0.3 is 17.9 Å². The van der Waals surface area contributed by atoms with Gasteiger partial charge in [0.2, 0.25) is 0 Å². The van der Waals surface area contributed by atoms with Crippen molar-refractivity contribution in [3.05, 3.63) is 0 Å². The lowest BCUT2D eigenvalue weighted by Crippen LogP contribution is -2.60. The fourth-order valence-corrected chi connectivity index (χ4v) is 8.88. The highest BCUT2D eigenvalue weighted by atomic mass is 16.7. The van der Waals surface area contributed by atoms with Gasteiger partial charge in [-0.15, -0.1) is 0 Å². The first-order valence-corrected chi connectivity index (χ1v) is 27.6. The van der Waals surface area contributed by atoms with E-state index in [4.69, 9.17) is 18.9 Å². The van der Waals surface area contributed by atoms with Gasteiger partial charge in [0.05, 0.1) is 6.61 Å². The predicted molar refractivity (Wildman–Crippen MR) is 262 cm³/mol. The Bertz CT molecular complexity index is 1090. The first-order valence-electron chi connectivity index (χ1n) is 27.6. The molecule has 384 valence electrons. The van der Waals surface area contributed by atoms with Crippen molar-refractivity contribution >= 4 is 17.9 Å². The molecule has 11 nitrogen and oxygen atoms in total. The molecule has 0 aliphatic carbocycles. The van der Waals surface area contributed by atoms with E-state index in [0.29, 0.717) is 12.8 Å². The van der Waals surface area contributed by atoms with Gasteiger partial charge in [-0.2, -0.15) is 0 Å². The van der Waals surface area contributed by atoms with Gasteiger partial charge in [-0.25, -0.2) is 4.79 Å². The molecule has 1 aliphatic rings. The molecule has 4 N–H and O–H groups in total. The van der Waals surface area contributed by atoms with Crippen LogP contribution in [-0.4, -0.2) is 88.4 Å². The molecule has 11 heteroatoms. The Morgan fingerprint density at radius 2 is 0.723 bits per heavy atom. The van der Waals surface area contributed by atoms with Crippen LogP contribution >= 0.6 is 0 Å². The second-order valence-electron chi connectivity index (χ2n) is 19.4. The maximum atomic E-state index is 12.8. The predicted octanol–water partition coefficient (Wildman–Crippen LogP) is 13.4. The van der Waals surface area contributed by atoms with Gasteiger partial charge in [0, 0.05) is 12.8 Å². The molecule has 6 unspecified atom stereocenters. The minimum atomic E-state index is -1.86. The standard InChI is InChI=1S/C54H102O11/c1-3-5-7-9-11-13-15-17-19-21-22-23-24-25-27-28-30-32-34-36-38-40-42-47(55)62-44-46(45-63-54-51(59)49(57)50(58)52(65-54)53(60)61)64-48(56)43-41-39-37-35-33-31-29-26-20-18-16-14-12-10-8-6-4-2/h46,49-52,54,57-59H,3-45H2,1-2H3,(H,60,61). The summed E-state index contributed by atoms with van der Waals surface area (Å²) in [5.41, 5.74) is 0. The number of esters is 2. The van der Waals surface area contributed by atoms with Crippen LogP contribution in [0.1, 0.15) is 277 Å². The van der Waals surface area contributed by atoms with E-state index in [1.807, 2.05) is 0 Å². The second-order valence-corrected chi connectivity index (χ2v) is 19.4. The van der Waals surface area contributed by atoms with Crippen LogP contribution in [-0.2, 0) is 33.3 Å². The molecule has 0 spiro atoms. The van der Waals surface area contributed by atoms with E-state index in [-0.39, 0.29) is 26.1 Å². The molecule has 0 radical (unpaired) electrons. The van der Waals surface area contributed by atoms with Gasteiger partial charge in [0.1, 0.15) is 24.9 Å². The van der Waals surface area contributed by atoms with Crippen LogP contribution in [0.5, 0.6) is 0 Å². The van der Waals surface area contributed by atoms with Crippen LogP contribution in [0.25, 0.3) is 0 Å². The summed E-state index contributed by atoms with van der Waals surface area (Å²) in [5, 5.41) is 40.0. The molecule has 1 fully saturated rings. The SMILES string of the molecule is CCCCCCCCCCCCCCCCCCCCCCCCC(=O)OCC(COC1OC(C(=O)O)C(O)C(O)C1O)OC(=O)CCCCCCCCCCCCCCCCCCC. The monoisotopic (exact) mass is 927 g/mol. The molecular weight excluding hydrogens is 825 g/mol. The zero-order valence-corrected chi connectivity index (χ0v) is 42.0. The fourth-order valence-electron chi connectivity index (χ4n) is 8.88. The summed E-state index contributed by atoms with van der Waals surface area (Å²) in [6.07, 6.45) is 40.1. The first kappa shape index (κ1) is 61.2. The van der Waals surface area contributed by atoms with Crippen molar-refractivity contribution in [1.29, 1.82) is 0 Å². The van der Waals surface area contributed by atoms with Crippen molar-refractivity contribution in [2.24, 2.45) is 0 Å². The molecule has 1 heterocycles. The van der Waals surface area contributed by atoms with Gasteiger partial charge in [0.25, 0.3) is 0 Å². The highest BCUT2D eigenvalue weighted by Crippen LogP contribution is 2.23. The fraction of sp³-hybridized carbons (Fsp3) is 0.944. The summed E-state index contributed by atoms with van der Waals surface area (Å²) in [6.45, 7) is 3.88. The second kappa shape index (κ2) is 44.7. The summed E-state index contributed by atoms with van der Waals surface area (Å²) in [4.78, 5) is 37.0. The summed E-state index contributed by atoms with van der Waals surface area (Å²) >= 11 is 0. The van der Waals surface area contributed by atoms with Crippen LogP contribution in [0.2, 0.25) is 0 Å². The zero-order chi connectivity index (χ0) is 47.4. The molecule has 1 rings (SSSR count). The molecule has 6 atom stereocenters. The van der Waals surface area contributed by atoms with Crippen molar-refractivity contribution in [1.82, 2.24) is 0 Å². The van der Waals surface area contributed by atoms with Gasteiger partial charge in [-0.3, -0.25) is 9.59 Å². The third kappa shape index (κ3) is 35.9. The third-order valence-corrected chi connectivity index (χ3v) is 13.2. The van der Waals surface area contributed by atoms with Crippen LogP contribution in [0.3, 0.4) is 0 Å². The molecule has 0 aromatic heterocycles. The number of hydrogen-bond acceptors (Lipinski definition) is 10. The van der Waals surface area contributed by atoms with E-state index >= 15 is 0 Å². The quantitative estimate of drug-likeness (QED) is 0.0338. The maximum absolute atomic E-state index is 12.8. The van der Waals surface area contributed by atoms with Crippen molar-refractivity contribution < 1.29 is 53.8 Å². The lowest BCUT2D eigenvalue weighted by molar-refractivity contribution is -0.298. The van der Waals surface area contributed by atoms with Crippen LogP contribution < -0.4 is 0 Å². The summed E-state index contributed by atoms with van der Waals surface area (Å²) < 4.78 is 21.9. The van der Waals surface area contributed by atoms with E-state index in [0.717, 1.165) is 38.5 Å². The van der Waals surface area contributed by atoms with Crippen molar-refractivity contribution in [2.45, 2.75) is 314 Å². The lowest BCUT2D eigenvalue weighted by atomic mass is 9.99. The Balaban J connectivity index is 2.23. The van der Waals surface area contributed by atoms with Crippen LogP contribution in [0.4, 0.5) is 0 Å². The minimum Gasteiger partial charge on any atom is -0.479 e. The molecule has 0 amide bonds. The number of aliphatic carboxylic acids is 1. The van der Waals surface area contributed by atoms with Gasteiger partial charge < -0.3 is 39.4 Å². The van der Waals surface area contributed by atoms with Crippen LogP contribution in [0.15, 0.2) is 0 Å². The van der Waals surface area contributed by atoms with Gasteiger partial charge in [0.15, 0.2) is 18.5 Å². The Morgan fingerprint density at radius 3 is 1.05 bits per heavy atom. The number of carboxylic acids is 1.